The van der Waals surface area contributed by atoms with Gasteiger partial charge in [0.25, 0.3) is 6.33 Å². The van der Waals surface area contributed by atoms with Crippen LogP contribution in [0, 0.1) is 0 Å². The molecule has 0 saturated carbocycles. The molecular formula is C18H17Cl2N2O+. The van der Waals surface area contributed by atoms with Crippen LogP contribution in [-0.2, 0) is 13.0 Å². The molecule has 2 aromatic carbocycles. The number of aromatic nitrogens is 2. The second kappa shape index (κ2) is 7.53. The van der Waals surface area contributed by atoms with E-state index in [0.29, 0.717) is 23.2 Å². The molecule has 0 N–H and O–H groups in total. The SMILES string of the molecule is Clc1ccc(Cl)c(C[n+]2ccn(OCCc3ccccc3)c2)c1. The predicted octanol–water partition coefficient (Wildman–Crippen LogP) is 3.80. The molecule has 3 nitrogen and oxygen atoms in total. The second-order valence-electron chi connectivity index (χ2n) is 5.25. The minimum atomic E-state index is 0.622. The number of halogens is 2. The maximum atomic E-state index is 6.19. The Labute approximate surface area is 145 Å². The van der Waals surface area contributed by atoms with Crippen molar-refractivity contribution >= 4 is 23.2 Å². The van der Waals surface area contributed by atoms with Gasteiger partial charge in [-0.1, -0.05) is 58.3 Å². The highest BCUT2D eigenvalue weighted by molar-refractivity contribution is 6.33. The molecule has 0 aliphatic heterocycles. The van der Waals surface area contributed by atoms with Crippen molar-refractivity contribution in [3.63, 3.8) is 0 Å². The molecular weight excluding hydrogens is 331 g/mol. The topological polar surface area (TPSA) is 18.0 Å². The van der Waals surface area contributed by atoms with Crippen LogP contribution in [-0.4, -0.2) is 11.3 Å². The fourth-order valence-corrected chi connectivity index (χ4v) is 2.69. The molecule has 23 heavy (non-hydrogen) atoms. The van der Waals surface area contributed by atoms with Crippen molar-refractivity contribution in [2.24, 2.45) is 0 Å². The molecule has 5 heteroatoms. The Morgan fingerprint density at radius 1 is 1.04 bits per heavy atom. The van der Waals surface area contributed by atoms with Crippen LogP contribution in [0.2, 0.25) is 10.0 Å². The van der Waals surface area contributed by atoms with Crippen LogP contribution in [0.5, 0.6) is 0 Å². The van der Waals surface area contributed by atoms with Crippen LogP contribution in [0.4, 0.5) is 0 Å². The highest BCUT2D eigenvalue weighted by atomic mass is 35.5. The third-order valence-corrected chi connectivity index (χ3v) is 4.11. The summed E-state index contributed by atoms with van der Waals surface area (Å²) in [6.45, 7) is 1.27. The molecule has 0 bridgehead atoms. The van der Waals surface area contributed by atoms with Crippen molar-refractivity contribution < 1.29 is 9.40 Å². The van der Waals surface area contributed by atoms with E-state index in [9.17, 15) is 0 Å². The van der Waals surface area contributed by atoms with Gasteiger partial charge in [-0.05, 0) is 23.8 Å². The quantitative estimate of drug-likeness (QED) is 0.620. The van der Waals surface area contributed by atoms with Gasteiger partial charge in [0.2, 0.25) is 0 Å². The fourth-order valence-electron chi connectivity index (χ4n) is 2.32. The summed E-state index contributed by atoms with van der Waals surface area (Å²) in [6, 6.07) is 15.8. The first-order chi connectivity index (χ1) is 11.2. The van der Waals surface area contributed by atoms with Gasteiger partial charge in [0.1, 0.15) is 19.3 Å². The molecule has 0 amide bonds. The number of imidazole rings is 1. The number of hydrogen-bond donors (Lipinski definition) is 0. The normalized spacial score (nSPS) is 10.7. The average Bonchev–Trinajstić information content (AvgIpc) is 2.99. The van der Waals surface area contributed by atoms with Crippen LogP contribution in [0.15, 0.2) is 67.3 Å². The average molecular weight is 348 g/mol. The lowest BCUT2D eigenvalue weighted by atomic mass is 10.2. The smallest absolute Gasteiger partial charge is 0.284 e. The molecule has 1 aromatic heterocycles. The molecule has 0 unspecified atom stereocenters. The van der Waals surface area contributed by atoms with Crippen molar-refractivity contribution in [2.75, 3.05) is 6.61 Å². The molecule has 1 heterocycles. The van der Waals surface area contributed by atoms with Crippen LogP contribution < -0.4 is 9.40 Å². The molecule has 3 rings (SSSR count). The van der Waals surface area contributed by atoms with Gasteiger partial charge in [0.15, 0.2) is 6.20 Å². The van der Waals surface area contributed by atoms with Gasteiger partial charge in [0, 0.05) is 22.0 Å². The lowest BCUT2D eigenvalue weighted by Crippen LogP contribution is -2.32. The van der Waals surface area contributed by atoms with E-state index in [1.54, 1.807) is 10.8 Å². The van der Waals surface area contributed by atoms with Crippen molar-refractivity contribution in [1.82, 2.24) is 4.73 Å². The molecule has 0 spiro atoms. The summed E-state index contributed by atoms with van der Waals surface area (Å²) in [5.41, 5.74) is 2.24. The lowest BCUT2D eigenvalue weighted by Gasteiger charge is -2.02. The number of rotatable bonds is 6. The molecule has 0 atom stereocenters. The summed E-state index contributed by atoms with van der Waals surface area (Å²) in [4.78, 5) is 5.72. The zero-order valence-electron chi connectivity index (χ0n) is 12.5. The number of hydrogen-bond acceptors (Lipinski definition) is 1. The standard InChI is InChI=1S/C18H17Cl2N2O/c19-17-6-7-18(20)16(12-17)13-21-9-10-22(14-21)23-11-8-15-4-2-1-3-5-15/h1-7,9-10,12,14H,8,11,13H2/q+1. The van der Waals surface area contributed by atoms with E-state index in [1.807, 2.05) is 53.6 Å². The zero-order valence-corrected chi connectivity index (χ0v) is 14.0. The maximum Gasteiger partial charge on any atom is 0.284 e. The third-order valence-electron chi connectivity index (χ3n) is 3.50. The summed E-state index contributed by atoms with van der Waals surface area (Å²) in [6.07, 6.45) is 6.59. The van der Waals surface area contributed by atoms with Gasteiger partial charge in [-0.15, -0.1) is 0 Å². The maximum absolute atomic E-state index is 6.19. The van der Waals surface area contributed by atoms with Gasteiger partial charge in [-0.3, -0.25) is 0 Å². The lowest BCUT2D eigenvalue weighted by molar-refractivity contribution is -0.688. The Hall–Kier alpha value is -1.97. The summed E-state index contributed by atoms with van der Waals surface area (Å²) in [7, 11) is 0. The van der Waals surface area contributed by atoms with Crippen molar-refractivity contribution in [3.05, 3.63) is 88.4 Å². The van der Waals surface area contributed by atoms with Crippen LogP contribution >= 0.6 is 23.2 Å². The van der Waals surface area contributed by atoms with Gasteiger partial charge in [0.05, 0.1) is 0 Å². The molecule has 0 saturated heterocycles. The van der Waals surface area contributed by atoms with Crippen molar-refractivity contribution in [3.8, 4) is 0 Å². The molecule has 118 valence electrons. The monoisotopic (exact) mass is 347 g/mol. The number of nitrogens with zero attached hydrogens (tertiary/aromatic N) is 2. The second-order valence-corrected chi connectivity index (χ2v) is 6.09. The fraction of sp³-hybridized carbons (Fsp3) is 0.167. The summed E-state index contributed by atoms with van der Waals surface area (Å²) in [5, 5.41) is 1.39. The van der Waals surface area contributed by atoms with Gasteiger partial charge >= 0.3 is 0 Å². The van der Waals surface area contributed by atoms with E-state index < -0.39 is 0 Å². The van der Waals surface area contributed by atoms with E-state index in [-0.39, 0.29) is 0 Å². The highest BCUT2D eigenvalue weighted by Gasteiger charge is 2.09. The molecule has 0 aliphatic rings. The molecule has 0 fully saturated rings. The van der Waals surface area contributed by atoms with E-state index in [0.717, 1.165) is 12.0 Å². The minimum Gasteiger partial charge on any atom is -0.336 e. The summed E-state index contributed by atoms with van der Waals surface area (Å²) < 4.78 is 3.71. The third kappa shape index (κ3) is 4.50. The summed E-state index contributed by atoms with van der Waals surface area (Å²) in [5.74, 6) is 0. The van der Waals surface area contributed by atoms with Gasteiger partial charge in [-0.25, -0.2) is 4.57 Å². The van der Waals surface area contributed by atoms with E-state index in [1.165, 1.54) is 5.56 Å². The minimum absolute atomic E-state index is 0.622. The Morgan fingerprint density at radius 3 is 2.70 bits per heavy atom. The highest BCUT2D eigenvalue weighted by Crippen LogP contribution is 2.20. The Morgan fingerprint density at radius 2 is 1.87 bits per heavy atom. The molecule has 0 radical (unpaired) electrons. The van der Waals surface area contributed by atoms with E-state index >= 15 is 0 Å². The van der Waals surface area contributed by atoms with Crippen LogP contribution in [0.1, 0.15) is 11.1 Å². The predicted molar refractivity (Wildman–Crippen MR) is 91.8 cm³/mol. The largest absolute Gasteiger partial charge is 0.336 e. The summed E-state index contributed by atoms with van der Waals surface area (Å²) >= 11 is 12.2. The Balaban J connectivity index is 1.56. The van der Waals surface area contributed by atoms with Crippen molar-refractivity contribution in [2.45, 2.75) is 13.0 Å². The van der Waals surface area contributed by atoms with Crippen molar-refractivity contribution in [1.29, 1.82) is 0 Å². The zero-order chi connectivity index (χ0) is 16.1. The van der Waals surface area contributed by atoms with Crippen LogP contribution in [0.3, 0.4) is 0 Å². The van der Waals surface area contributed by atoms with E-state index in [2.05, 4.69) is 12.1 Å². The first-order valence-corrected chi connectivity index (χ1v) is 8.14. The van der Waals surface area contributed by atoms with E-state index in [4.69, 9.17) is 28.0 Å². The van der Waals surface area contributed by atoms with Crippen LogP contribution in [0.25, 0.3) is 0 Å². The van der Waals surface area contributed by atoms with Gasteiger partial charge < -0.3 is 4.84 Å². The Kier molecular flexibility index (Phi) is 5.21. The molecule has 0 aliphatic carbocycles. The Bertz CT molecular complexity index is 772. The molecule has 3 aromatic rings. The van der Waals surface area contributed by atoms with Gasteiger partial charge in [-0.2, -0.15) is 0 Å². The first-order valence-electron chi connectivity index (χ1n) is 7.39. The first kappa shape index (κ1) is 15.9. The number of benzene rings is 2.